The summed E-state index contributed by atoms with van der Waals surface area (Å²) in [6.45, 7) is 3.21. The molecule has 0 spiro atoms. The number of aliphatic hydroxyl groups is 2. The molecule has 1 aliphatic rings. The molecule has 6 nitrogen and oxygen atoms in total. The number of hydrogen-bond acceptors (Lipinski definition) is 5. The molecule has 76 valence electrons. The summed E-state index contributed by atoms with van der Waals surface area (Å²) in [6, 6.07) is 0. The van der Waals surface area contributed by atoms with Gasteiger partial charge in [0.25, 0.3) is 0 Å². The molecular weight excluding hydrogens is 190 g/mol. The second-order valence-corrected chi connectivity index (χ2v) is 2.73. The Bertz CT molecular complexity index is 333. The van der Waals surface area contributed by atoms with Crippen molar-refractivity contribution in [2.45, 2.75) is 12.4 Å². The zero-order valence-corrected chi connectivity index (χ0v) is 7.14. The van der Waals surface area contributed by atoms with Gasteiger partial charge >= 0.3 is 5.97 Å². The third-order valence-electron chi connectivity index (χ3n) is 1.76. The number of hydrogen-bond donors (Lipinski definition) is 3. The molecule has 4 N–H and O–H groups in total. The predicted octanol–water partition coefficient (Wildman–Crippen LogP) is -1.81. The van der Waals surface area contributed by atoms with Crippen molar-refractivity contribution >= 4 is 11.9 Å². The molecule has 14 heavy (non-hydrogen) atoms. The molecular formula is C8H9NO5. The van der Waals surface area contributed by atoms with Crippen molar-refractivity contribution in [1.29, 1.82) is 0 Å². The largest absolute Gasteiger partial charge is 0.429 e. The Labute approximate surface area is 79.3 Å². The molecule has 1 amide bonds. The first-order valence-corrected chi connectivity index (χ1v) is 3.70. The smallest absolute Gasteiger partial charge is 0.333 e. The van der Waals surface area contributed by atoms with Crippen LogP contribution < -0.4 is 5.73 Å². The predicted molar refractivity (Wildman–Crippen MR) is 44.5 cm³/mol. The van der Waals surface area contributed by atoms with E-state index in [0.29, 0.717) is 0 Å². The molecule has 0 aliphatic carbocycles. The quantitative estimate of drug-likeness (QED) is 0.366. The van der Waals surface area contributed by atoms with Gasteiger partial charge in [0.2, 0.25) is 12.2 Å². The number of rotatable bonds is 3. The third-order valence-corrected chi connectivity index (χ3v) is 1.76. The van der Waals surface area contributed by atoms with Crippen molar-refractivity contribution < 1.29 is 24.5 Å². The number of aliphatic hydroxyl groups excluding tert-OH is 2. The van der Waals surface area contributed by atoms with E-state index < -0.39 is 24.3 Å². The highest BCUT2D eigenvalue weighted by molar-refractivity contribution is 5.94. The highest BCUT2D eigenvalue weighted by Gasteiger charge is 2.31. The van der Waals surface area contributed by atoms with E-state index >= 15 is 0 Å². The van der Waals surface area contributed by atoms with Crippen molar-refractivity contribution in [2.75, 3.05) is 0 Å². The van der Waals surface area contributed by atoms with Crippen molar-refractivity contribution in [3.63, 3.8) is 0 Å². The van der Waals surface area contributed by atoms with Crippen LogP contribution in [-0.4, -0.2) is 34.5 Å². The van der Waals surface area contributed by atoms with Gasteiger partial charge in [-0.25, -0.2) is 4.79 Å². The molecule has 2 unspecified atom stereocenters. The lowest BCUT2D eigenvalue weighted by atomic mass is 10.0. The molecule has 0 saturated heterocycles. The van der Waals surface area contributed by atoms with E-state index in [1.807, 2.05) is 0 Å². The van der Waals surface area contributed by atoms with Gasteiger partial charge in [0, 0.05) is 17.2 Å². The summed E-state index contributed by atoms with van der Waals surface area (Å²) in [5, 5.41) is 18.5. The summed E-state index contributed by atoms with van der Waals surface area (Å²) in [6.07, 6.45) is -2.15. The number of primary amides is 1. The molecule has 0 aromatic heterocycles. The van der Waals surface area contributed by atoms with Gasteiger partial charge in [0.1, 0.15) is 6.10 Å². The molecule has 1 rings (SSSR count). The van der Waals surface area contributed by atoms with Crippen LogP contribution in [0.25, 0.3) is 0 Å². The van der Waals surface area contributed by atoms with E-state index in [1.54, 1.807) is 0 Å². The van der Waals surface area contributed by atoms with Crippen LogP contribution in [0.5, 0.6) is 0 Å². The first-order chi connectivity index (χ1) is 6.43. The summed E-state index contributed by atoms with van der Waals surface area (Å²) >= 11 is 0. The molecule has 0 aromatic rings. The zero-order valence-electron chi connectivity index (χ0n) is 7.14. The highest BCUT2D eigenvalue weighted by atomic mass is 16.6. The minimum absolute atomic E-state index is 0.140. The lowest BCUT2D eigenvalue weighted by Gasteiger charge is -2.14. The molecule has 1 aliphatic heterocycles. The summed E-state index contributed by atoms with van der Waals surface area (Å²) in [7, 11) is 0. The van der Waals surface area contributed by atoms with Gasteiger partial charge in [0.15, 0.2) is 0 Å². The average Bonchev–Trinajstić information content (AvgIpc) is 2.42. The van der Waals surface area contributed by atoms with Gasteiger partial charge in [-0.2, -0.15) is 0 Å². The minimum Gasteiger partial charge on any atom is -0.429 e. The summed E-state index contributed by atoms with van der Waals surface area (Å²) in [4.78, 5) is 21.3. The monoisotopic (exact) mass is 199 g/mol. The summed E-state index contributed by atoms with van der Waals surface area (Å²) in [5.41, 5.74) is 4.40. The number of amides is 1. The van der Waals surface area contributed by atoms with E-state index in [0.717, 1.165) is 6.08 Å². The maximum absolute atomic E-state index is 10.6. The van der Waals surface area contributed by atoms with Crippen molar-refractivity contribution in [3.05, 3.63) is 23.8 Å². The number of esters is 1. The Morgan fingerprint density at radius 1 is 1.71 bits per heavy atom. The topological polar surface area (TPSA) is 110 Å². The van der Waals surface area contributed by atoms with Gasteiger partial charge < -0.3 is 20.7 Å². The lowest BCUT2D eigenvalue weighted by molar-refractivity contribution is -0.151. The second-order valence-electron chi connectivity index (χ2n) is 2.73. The molecule has 0 radical (unpaired) electrons. The molecule has 0 fully saturated rings. The standard InChI is InChI=1S/C8H9NO5/c1-3(7(9)12)6(11)4-2-5(10)14-8(4)13/h2,6,8,11,13H,1H2,(H2,9,12). The van der Waals surface area contributed by atoms with E-state index in [2.05, 4.69) is 11.3 Å². The normalized spacial score (nSPS) is 22.6. The fraction of sp³-hybridized carbons (Fsp3) is 0.250. The Balaban J connectivity index is 2.85. The number of nitrogens with two attached hydrogens (primary N) is 1. The number of ether oxygens (including phenoxy) is 1. The van der Waals surface area contributed by atoms with Crippen molar-refractivity contribution in [3.8, 4) is 0 Å². The van der Waals surface area contributed by atoms with E-state index in [4.69, 9.17) is 10.8 Å². The van der Waals surface area contributed by atoms with Gasteiger partial charge in [-0.1, -0.05) is 6.58 Å². The van der Waals surface area contributed by atoms with Gasteiger partial charge in [-0.05, 0) is 0 Å². The Kier molecular flexibility index (Phi) is 2.68. The van der Waals surface area contributed by atoms with Crippen molar-refractivity contribution in [1.82, 2.24) is 0 Å². The van der Waals surface area contributed by atoms with Crippen LogP contribution in [0.3, 0.4) is 0 Å². The second kappa shape index (κ2) is 3.60. The van der Waals surface area contributed by atoms with Gasteiger partial charge in [-0.15, -0.1) is 0 Å². The molecule has 0 saturated carbocycles. The Hall–Kier alpha value is -1.66. The van der Waals surface area contributed by atoms with Crippen LogP contribution in [0.15, 0.2) is 23.8 Å². The summed E-state index contributed by atoms with van der Waals surface area (Å²) < 4.78 is 4.30. The average molecular weight is 199 g/mol. The first-order valence-electron chi connectivity index (χ1n) is 3.70. The fourth-order valence-electron chi connectivity index (χ4n) is 0.969. The number of cyclic esters (lactones) is 1. The van der Waals surface area contributed by atoms with Crippen LogP contribution in [0.4, 0.5) is 0 Å². The molecule has 6 heteroatoms. The molecule has 1 heterocycles. The third kappa shape index (κ3) is 1.81. The van der Waals surface area contributed by atoms with E-state index in [-0.39, 0.29) is 11.1 Å². The van der Waals surface area contributed by atoms with Crippen molar-refractivity contribution in [2.24, 2.45) is 5.73 Å². The Morgan fingerprint density at radius 2 is 2.29 bits per heavy atom. The van der Waals surface area contributed by atoms with Crippen LogP contribution in [-0.2, 0) is 14.3 Å². The fourth-order valence-corrected chi connectivity index (χ4v) is 0.969. The van der Waals surface area contributed by atoms with E-state index in [1.165, 1.54) is 0 Å². The maximum atomic E-state index is 10.6. The maximum Gasteiger partial charge on any atom is 0.333 e. The van der Waals surface area contributed by atoms with Crippen LogP contribution >= 0.6 is 0 Å². The van der Waals surface area contributed by atoms with Crippen LogP contribution in [0.1, 0.15) is 0 Å². The van der Waals surface area contributed by atoms with Gasteiger partial charge in [-0.3, -0.25) is 4.79 Å². The SMILES string of the molecule is C=C(C(N)=O)C(O)C1=CC(=O)OC1O. The first kappa shape index (κ1) is 10.4. The molecule has 2 atom stereocenters. The lowest BCUT2D eigenvalue weighted by Crippen LogP contribution is -2.28. The molecule has 0 bridgehead atoms. The zero-order chi connectivity index (χ0) is 10.9. The minimum atomic E-state index is -1.55. The van der Waals surface area contributed by atoms with Crippen LogP contribution in [0, 0.1) is 0 Å². The van der Waals surface area contributed by atoms with Gasteiger partial charge in [0.05, 0.1) is 0 Å². The number of carbonyl (C=O) groups excluding carboxylic acids is 2. The number of carbonyl (C=O) groups is 2. The molecule has 0 aromatic carbocycles. The summed E-state index contributed by atoms with van der Waals surface area (Å²) in [5.74, 6) is -1.70. The highest BCUT2D eigenvalue weighted by Crippen LogP contribution is 2.20. The Morgan fingerprint density at radius 3 is 2.64 bits per heavy atom. The van der Waals surface area contributed by atoms with E-state index in [9.17, 15) is 14.7 Å². The van der Waals surface area contributed by atoms with Crippen LogP contribution in [0.2, 0.25) is 0 Å².